The average Bonchev–Trinajstić information content (AvgIpc) is 3.00. The molecule has 2 nitrogen and oxygen atoms in total. The molecule has 0 aromatic heterocycles. The molecule has 3 aliphatic carbocycles. The zero-order valence-corrected chi connectivity index (χ0v) is 12.1. The molecular formula is C16H24F2O2. The molecule has 2 bridgehead atoms. The van der Waals surface area contributed by atoms with Gasteiger partial charge in [0.2, 0.25) is 0 Å². The Kier molecular flexibility index (Phi) is 3.76. The summed E-state index contributed by atoms with van der Waals surface area (Å²) < 4.78 is 30.6. The normalized spacial score (nSPS) is 40.9. The Morgan fingerprint density at radius 1 is 1.00 bits per heavy atom. The quantitative estimate of drug-likeness (QED) is 0.727. The van der Waals surface area contributed by atoms with E-state index in [4.69, 9.17) is 4.74 Å². The summed E-state index contributed by atoms with van der Waals surface area (Å²) in [5.74, 6) is -1.24. The van der Waals surface area contributed by atoms with E-state index in [-0.39, 0.29) is 6.10 Å². The molecule has 3 aliphatic rings. The van der Waals surface area contributed by atoms with E-state index in [9.17, 15) is 13.6 Å². The van der Waals surface area contributed by atoms with Crippen molar-refractivity contribution in [2.75, 3.05) is 0 Å². The first kappa shape index (κ1) is 14.3. The van der Waals surface area contributed by atoms with Crippen molar-refractivity contribution in [3.63, 3.8) is 0 Å². The fraction of sp³-hybridized carbons (Fsp3) is 0.938. The lowest BCUT2D eigenvalue weighted by molar-refractivity contribution is -0.177. The largest absolute Gasteiger partial charge is 0.458 e. The molecule has 0 spiro atoms. The second kappa shape index (κ2) is 5.27. The van der Waals surface area contributed by atoms with Crippen LogP contribution >= 0.6 is 0 Å². The number of ether oxygens (including phenoxy) is 1. The lowest BCUT2D eigenvalue weighted by Crippen LogP contribution is -2.34. The van der Waals surface area contributed by atoms with Crippen LogP contribution in [0.25, 0.3) is 0 Å². The van der Waals surface area contributed by atoms with Crippen molar-refractivity contribution >= 4 is 5.97 Å². The van der Waals surface area contributed by atoms with Crippen molar-refractivity contribution in [3.05, 3.63) is 0 Å². The lowest BCUT2D eigenvalue weighted by Gasteiger charge is -2.36. The van der Waals surface area contributed by atoms with Crippen LogP contribution in [-0.2, 0) is 9.53 Å². The highest BCUT2D eigenvalue weighted by Gasteiger charge is 2.44. The Morgan fingerprint density at radius 2 is 1.65 bits per heavy atom. The van der Waals surface area contributed by atoms with Gasteiger partial charge in [-0.15, -0.1) is 0 Å². The first-order valence-corrected chi connectivity index (χ1v) is 8.02. The first-order chi connectivity index (χ1) is 9.43. The van der Waals surface area contributed by atoms with Gasteiger partial charge in [-0.3, -0.25) is 0 Å². The molecule has 0 radical (unpaired) electrons. The minimum Gasteiger partial charge on any atom is -0.458 e. The molecule has 0 saturated heterocycles. The molecular weight excluding hydrogens is 262 g/mol. The number of rotatable bonds is 3. The maximum Gasteiger partial charge on any atom is 0.376 e. The summed E-state index contributed by atoms with van der Waals surface area (Å²) in [4.78, 5) is 11.2. The van der Waals surface area contributed by atoms with Crippen LogP contribution in [-0.4, -0.2) is 18.0 Å². The van der Waals surface area contributed by atoms with Gasteiger partial charge in [0.05, 0.1) is 0 Å². The molecule has 0 aromatic carbocycles. The van der Waals surface area contributed by atoms with Crippen LogP contribution in [0.4, 0.5) is 8.78 Å². The Hall–Kier alpha value is -0.670. The van der Waals surface area contributed by atoms with Gasteiger partial charge in [0.15, 0.2) is 0 Å². The van der Waals surface area contributed by atoms with Gasteiger partial charge in [-0.2, -0.15) is 8.78 Å². The third-order valence-electron chi connectivity index (χ3n) is 5.75. The number of esters is 1. The van der Waals surface area contributed by atoms with Gasteiger partial charge in [0.1, 0.15) is 6.10 Å². The standard InChI is InChI=1S/C16H24F2O2/c1-16(17,18)15(19)20-13-6-4-11(5-7-13)14-9-10-2-3-12(14)8-10/h10-14H,2-9H2,1H3. The highest BCUT2D eigenvalue weighted by Crippen LogP contribution is 2.53. The fourth-order valence-corrected chi connectivity index (χ4v) is 4.76. The summed E-state index contributed by atoms with van der Waals surface area (Å²) in [6.45, 7) is 0.607. The van der Waals surface area contributed by atoms with Gasteiger partial charge in [-0.25, -0.2) is 4.79 Å². The number of fused-ring (bicyclic) bond motifs is 2. The summed E-state index contributed by atoms with van der Waals surface area (Å²) in [5.41, 5.74) is 0. The van der Waals surface area contributed by atoms with Gasteiger partial charge < -0.3 is 4.74 Å². The number of hydrogen-bond donors (Lipinski definition) is 0. The van der Waals surface area contributed by atoms with Crippen LogP contribution in [0.15, 0.2) is 0 Å². The van der Waals surface area contributed by atoms with Crippen molar-refractivity contribution in [1.82, 2.24) is 0 Å². The molecule has 0 aliphatic heterocycles. The molecule has 0 heterocycles. The molecule has 4 heteroatoms. The first-order valence-electron chi connectivity index (χ1n) is 8.02. The molecule has 0 amide bonds. The van der Waals surface area contributed by atoms with Crippen molar-refractivity contribution in [2.45, 2.75) is 70.3 Å². The minimum absolute atomic E-state index is 0.289. The Labute approximate surface area is 119 Å². The van der Waals surface area contributed by atoms with Crippen molar-refractivity contribution in [1.29, 1.82) is 0 Å². The third kappa shape index (κ3) is 2.84. The van der Waals surface area contributed by atoms with Crippen LogP contribution in [0.5, 0.6) is 0 Å². The number of halogens is 2. The van der Waals surface area contributed by atoms with E-state index in [0.29, 0.717) is 6.92 Å². The average molecular weight is 286 g/mol. The van der Waals surface area contributed by atoms with Crippen LogP contribution < -0.4 is 0 Å². The van der Waals surface area contributed by atoms with E-state index >= 15 is 0 Å². The van der Waals surface area contributed by atoms with E-state index in [0.717, 1.165) is 49.4 Å². The Morgan fingerprint density at radius 3 is 2.15 bits per heavy atom. The van der Waals surface area contributed by atoms with Gasteiger partial charge >= 0.3 is 11.9 Å². The minimum atomic E-state index is -3.36. The maximum atomic E-state index is 12.8. The van der Waals surface area contributed by atoms with Gasteiger partial charge in [-0.05, 0) is 68.6 Å². The second-order valence-electron chi connectivity index (χ2n) is 7.17. The third-order valence-corrected chi connectivity index (χ3v) is 5.75. The monoisotopic (exact) mass is 286 g/mol. The summed E-state index contributed by atoms with van der Waals surface area (Å²) in [6, 6.07) is 0. The molecule has 0 N–H and O–H groups in total. The van der Waals surface area contributed by atoms with Crippen LogP contribution in [0.1, 0.15) is 58.3 Å². The molecule has 3 fully saturated rings. The highest BCUT2D eigenvalue weighted by atomic mass is 19.3. The van der Waals surface area contributed by atoms with Gasteiger partial charge in [-0.1, -0.05) is 6.42 Å². The van der Waals surface area contributed by atoms with Crippen LogP contribution in [0.3, 0.4) is 0 Å². The number of carbonyl (C=O) groups is 1. The smallest absolute Gasteiger partial charge is 0.376 e. The number of hydrogen-bond acceptors (Lipinski definition) is 2. The Bertz CT molecular complexity index is 369. The van der Waals surface area contributed by atoms with Crippen LogP contribution in [0.2, 0.25) is 0 Å². The zero-order valence-electron chi connectivity index (χ0n) is 12.1. The molecule has 20 heavy (non-hydrogen) atoms. The predicted molar refractivity (Wildman–Crippen MR) is 71.4 cm³/mol. The molecule has 3 unspecified atom stereocenters. The molecule has 3 atom stereocenters. The van der Waals surface area contributed by atoms with Crippen molar-refractivity contribution in [3.8, 4) is 0 Å². The van der Waals surface area contributed by atoms with Crippen molar-refractivity contribution in [2.24, 2.45) is 23.7 Å². The highest BCUT2D eigenvalue weighted by molar-refractivity contribution is 5.77. The SMILES string of the molecule is CC(F)(F)C(=O)OC1CCC(C2CC3CCC2C3)CC1. The Balaban J connectivity index is 1.47. The van der Waals surface area contributed by atoms with E-state index in [1.807, 2.05) is 0 Å². The molecule has 3 saturated carbocycles. The topological polar surface area (TPSA) is 26.3 Å². The van der Waals surface area contributed by atoms with Crippen molar-refractivity contribution < 1.29 is 18.3 Å². The van der Waals surface area contributed by atoms with E-state index in [1.54, 1.807) is 0 Å². The second-order valence-corrected chi connectivity index (χ2v) is 7.17. The summed E-state index contributed by atoms with van der Waals surface area (Å²) >= 11 is 0. The zero-order chi connectivity index (χ0) is 14.3. The number of carbonyl (C=O) groups excluding carboxylic acids is 1. The lowest BCUT2D eigenvalue weighted by atomic mass is 9.72. The van der Waals surface area contributed by atoms with Gasteiger partial charge in [0, 0.05) is 6.92 Å². The fourth-order valence-electron chi connectivity index (χ4n) is 4.76. The predicted octanol–water partition coefficient (Wildman–Crippen LogP) is 4.18. The van der Waals surface area contributed by atoms with Crippen LogP contribution in [0, 0.1) is 23.7 Å². The molecule has 3 rings (SSSR count). The summed E-state index contributed by atoms with van der Waals surface area (Å²) in [6.07, 6.45) is 8.94. The summed E-state index contributed by atoms with van der Waals surface area (Å²) in [5, 5.41) is 0. The molecule has 114 valence electrons. The number of alkyl halides is 2. The molecule has 0 aromatic rings. The van der Waals surface area contributed by atoms with Gasteiger partial charge in [0.25, 0.3) is 0 Å². The van der Waals surface area contributed by atoms with E-state index in [1.165, 1.54) is 25.7 Å². The summed E-state index contributed by atoms with van der Waals surface area (Å²) in [7, 11) is 0. The maximum absolute atomic E-state index is 12.8. The van der Waals surface area contributed by atoms with E-state index in [2.05, 4.69) is 0 Å². The van der Waals surface area contributed by atoms with E-state index < -0.39 is 11.9 Å².